The maximum absolute atomic E-state index is 12.4. The van der Waals surface area contributed by atoms with Gasteiger partial charge in [0.1, 0.15) is 11.9 Å². The van der Waals surface area contributed by atoms with Gasteiger partial charge in [-0.2, -0.15) is 0 Å². The summed E-state index contributed by atoms with van der Waals surface area (Å²) in [6, 6.07) is 12.0. The summed E-state index contributed by atoms with van der Waals surface area (Å²) in [7, 11) is 3.79. The van der Waals surface area contributed by atoms with Gasteiger partial charge >= 0.3 is 0 Å². The Balaban J connectivity index is 1.47. The van der Waals surface area contributed by atoms with Crippen LogP contribution in [0.2, 0.25) is 0 Å². The third-order valence-electron chi connectivity index (χ3n) is 4.22. The van der Waals surface area contributed by atoms with Gasteiger partial charge in [-0.05, 0) is 36.4 Å². The van der Waals surface area contributed by atoms with Crippen LogP contribution in [0.5, 0.6) is 5.75 Å². The average Bonchev–Trinajstić information content (AvgIpc) is 2.97. The molecule has 1 aromatic carbocycles. The monoisotopic (exact) mass is 325 g/mol. The van der Waals surface area contributed by atoms with E-state index >= 15 is 0 Å². The van der Waals surface area contributed by atoms with E-state index in [2.05, 4.69) is 11.1 Å². The zero-order valence-corrected chi connectivity index (χ0v) is 14.2. The Morgan fingerprint density at radius 2 is 1.96 bits per heavy atom. The molecule has 0 aliphatic carbocycles. The molecule has 1 aliphatic rings. The lowest BCUT2D eigenvalue weighted by atomic mass is 10.1. The summed E-state index contributed by atoms with van der Waals surface area (Å²) < 4.78 is 5.91. The zero-order chi connectivity index (χ0) is 16.9. The summed E-state index contributed by atoms with van der Waals surface area (Å²) >= 11 is 0. The number of rotatable bonds is 6. The van der Waals surface area contributed by atoms with Gasteiger partial charge in [0.15, 0.2) is 0 Å². The van der Waals surface area contributed by atoms with Crippen LogP contribution in [0.25, 0.3) is 0 Å². The molecular formula is C19H23N3O2. The normalized spacial score (nSPS) is 15.9. The molecule has 126 valence electrons. The molecule has 0 bridgehead atoms. The fourth-order valence-corrected chi connectivity index (χ4v) is 2.97. The van der Waals surface area contributed by atoms with Crippen LogP contribution in [-0.4, -0.2) is 54.0 Å². The quantitative estimate of drug-likeness (QED) is 0.815. The van der Waals surface area contributed by atoms with Gasteiger partial charge < -0.3 is 9.64 Å². The second kappa shape index (κ2) is 7.45. The smallest absolute Gasteiger partial charge is 0.236 e. The van der Waals surface area contributed by atoms with E-state index in [1.54, 1.807) is 17.3 Å². The predicted molar refractivity (Wildman–Crippen MR) is 92.8 cm³/mol. The van der Waals surface area contributed by atoms with Gasteiger partial charge in [-0.1, -0.05) is 18.2 Å². The minimum Gasteiger partial charge on any atom is -0.488 e. The highest BCUT2D eigenvalue weighted by molar-refractivity contribution is 5.78. The molecule has 0 unspecified atom stereocenters. The van der Waals surface area contributed by atoms with E-state index in [-0.39, 0.29) is 12.0 Å². The Kier molecular flexibility index (Phi) is 5.11. The third kappa shape index (κ3) is 4.11. The van der Waals surface area contributed by atoms with Crippen molar-refractivity contribution in [1.82, 2.24) is 14.8 Å². The zero-order valence-electron chi connectivity index (χ0n) is 14.2. The van der Waals surface area contributed by atoms with Gasteiger partial charge in [0.05, 0.1) is 13.1 Å². The molecule has 24 heavy (non-hydrogen) atoms. The number of hydrogen-bond acceptors (Lipinski definition) is 4. The Hall–Kier alpha value is -2.40. The molecule has 0 saturated carbocycles. The van der Waals surface area contributed by atoms with Crippen molar-refractivity contribution in [3.05, 3.63) is 59.9 Å². The van der Waals surface area contributed by atoms with Crippen molar-refractivity contribution in [3.8, 4) is 5.75 Å². The number of para-hydroxylation sites is 1. The molecular weight excluding hydrogens is 302 g/mol. The minimum atomic E-state index is 0.0434. The molecule has 2 aromatic rings. The summed E-state index contributed by atoms with van der Waals surface area (Å²) in [5.41, 5.74) is 2.37. The molecule has 5 nitrogen and oxygen atoms in total. The Morgan fingerprint density at radius 3 is 2.71 bits per heavy atom. The first-order valence-corrected chi connectivity index (χ1v) is 8.18. The Morgan fingerprint density at radius 1 is 1.21 bits per heavy atom. The summed E-state index contributed by atoms with van der Waals surface area (Å²) in [6.07, 6.45) is 4.45. The Bertz CT molecular complexity index is 665. The standard InChI is InChI=1S/C19H23N3O2/c1-21(12-15-7-9-20-10-8-15)14-19(23)22(2)13-17-11-16-5-3-4-6-18(16)24-17/h3-10,17H,11-14H2,1-2H3/t17-/m1/s1. The van der Waals surface area contributed by atoms with Crippen LogP contribution in [0.1, 0.15) is 11.1 Å². The molecule has 1 amide bonds. The topological polar surface area (TPSA) is 45.7 Å². The van der Waals surface area contributed by atoms with Crippen LogP contribution >= 0.6 is 0 Å². The minimum absolute atomic E-state index is 0.0434. The third-order valence-corrected chi connectivity index (χ3v) is 4.22. The molecule has 0 saturated heterocycles. The number of likely N-dealkylation sites (N-methyl/N-ethyl adjacent to an activating group) is 2. The van der Waals surface area contributed by atoms with Crippen molar-refractivity contribution in [1.29, 1.82) is 0 Å². The summed E-state index contributed by atoms with van der Waals surface area (Å²) in [6.45, 7) is 1.72. The molecule has 1 aromatic heterocycles. The lowest BCUT2D eigenvalue weighted by Crippen LogP contribution is -2.41. The number of ether oxygens (including phenoxy) is 1. The summed E-state index contributed by atoms with van der Waals surface area (Å²) in [5.74, 6) is 1.05. The van der Waals surface area contributed by atoms with E-state index in [9.17, 15) is 4.79 Å². The predicted octanol–water partition coefficient (Wildman–Crippen LogP) is 1.98. The second-order valence-electron chi connectivity index (χ2n) is 6.35. The maximum atomic E-state index is 12.4. The highest BCUT2D eigenvalue weighted by Gasteiger charge is 2.25. The second-order valence-corrected chi connectivity index (χ2v) is 6.35. The molecule has 0 N–H and O–H groups in total. The fraction of sp³-hybridized carbons (Fsp3) is 0.368. The Labute approximate surface area is 142 Å². The molecule has 2 heterocycles. The van der Waals surface area contributed by atoms with Crippen LogP contribution in [0.4, 0.5) is 0 Å². The molecule has 1 atom stereocenters. The van der Waals surface area contributed by atoms with Crippen LogP contribution in [0.3, 0.4) is 0 Å². The van der Waals surface area contributed by atoms with E-state index in [0.29, 0.717) is 13.1 Å². The van der Waals surface area contributed by atoms with Crippen molar-refractivity contribution in [3.63, 3.8) is 0 Å². The SMILES string of the molecule is CN(CC(=O)N(C)C[C@H]1Cc2ccccc2O1)Cc1ccncc1. The van der Waals surface area contributed by atoms with Gasteiger partial charge in [0.2, 0.25) is 5.91 Å². The van der Waals surface area contributed by atoms with Gasteiger partial charge in [-0.25, -0.2) is 0 Å². The summed E-state index contributed by atoms with van der Waals surface area (Å²) in [4.78, 5) is 20.2. The largest absolute Gasteiger partial charge is 0.488 e. The van der Waals surface area contributed by atoms with Crippen molar-refractivity contribution in [2.45, 2.75) is 19.1 Å². The number of amides is 1. The van der Waals surface area contributed by atoms with E-state index in [0.717, 1.165) is 24.3 Å². The van der Waals surface area contributed by atoms with E-state index in [1.165, 1.54) is 5.56 Å². The van der Waals surface area contributed by atoms with E-state index < -0.39 is 0 Å². The number of aromatic nitrogens is 1. The number of carbonyl (C=O) groups excluding carboxylic acids is 1. The van der Waals surface area contributed by atoms with Gasteiger partial charge in [0, 0.05) is 32.4 Å². The number of pyridine rings is 1. The highest BCUT2D eigenvalue weighted by atomic mass is 16.5. The molecule has 0 spiro atoms. The van der Waals surface area contributed by atoms with Gasteiger partial charge in [-0.15, -0.1) is 0 Å². The molecule has 0 fully saturated rings. The van der Waals surface area contributed by atoms with Gasteiger partial charge in [0.25, 0.3) is 0 Å². The van der Waals surface area contributed by atoms with Crippen LogP contribution < -0.4 is 4.74 Å². The number of hydrogen-bond donors (Lipinski definition) is 0. The maximum Gasteiger partial charge on any atom is 0.236 e. The highest BCUT2D eigenvalue weighted by Crippen LogP contribution is 2.28. The average molecular weight is 325 g/mol. The van der Waals surface area contributed by atoms with Gasteiger partial charge in [-0.3, -0.25) is 14.7 Å². The van der Waals surface area contributed by atoms with Crippen LogP contribution in [0, 0.1) is 0 Å². The summed E-state index contributed by atoms with van der Waals surface area (Å²) in [5, 5.41) is 0. The lowest BCUT2D eigenvalue weighted by Gasteiger charge is -2.24. The van der Waals surface area contributed by atoms with Crippen molar-refractivity contribution in [2.24, 2.45) is 0 Å². The van der Waals surface area contributed by atoms with Crippen molar-refractivity contribution < 1.29 is 9.53 Å². The van der Waals surface area contributed by atoms with E-state index in [4.69, 9.17) is 4.74 Å². The first-order valence-electron chi connectivity index (χ1n) is 8.18. The van der Waals surface area contributed by atoms with E-state index in [1.807, 2.05) is 49.3 Å². The van der Waals surface area contributed by atoms with Crippen LogP contribution in [-0.2, 0) is 17.8 Å². The molecule has 5 heteroatoms. The number of carbonyl (C=O) groups is 1. The molecule has 1 aliphatic heterocycles. The van der Waals surface area contributed by atoms with Crippen molar-refractivity contribution >= 4 is 5.91 Å². The molecule has 3 rings (SSSR count). The molecule has 0 radical (unpaired) electrons. The van der Waals surface area contributed by atoms with Crippen LogP contribution in [0.15, 0.2) is 48.8 Å². The number of benzene rings is 1. The number of fused-ring (bicyclic) bond motifs is 1. The fourth-order valence-electron chi connectivity index (χ4n) is 2.97. The number of nitrogens with zero attached hydrogens (tertiary/aromatic N) is 3. The lowest BCUT2D eigenvalue weighted by molar-refractivity contribution is -0.131. The van der Waals surface area contributed by atoms with Crippen molar-refractivity contribution in [2.75, 3.05) is 27.2 Å². The first-order chi connectivity index (χ1) is 11.6. The first kappa shape index (κ1) is 16.5.